The van der Waals surface area contributed by atoms with E-state index in [1.807, 2.05) is 0 Å². The molecule has 1 fully saturated rings. The topological polar surface area (TPSA) is 43.4 Å². The monoisotopic (exact) mass is 238 g/mol. The van der Waals surface area contributed by atoms with Gasteiger partial charge in [-0.3, -0.25) is 0 Å². The van der Waals surface area contributed by atoms with Crippen molar-refractivity contribution in [3.8, 4) is 0 Å². The summed E-state index contributed by atoms with van der Waals surface area (Å²) >= 11 is 0. The van der Waals surface area contributed by atoms with E-state index in [-0.39, 0.29) is 6.42 Å². The fraction of sp³-hybridized carbons (Fsp3) is 0.333. The van der Waals surface area contributed by atoms with Crippen LogP contribution in [-0.4, -0.2) is 18.1 Å². The van der Waals surface area contributed by atoms with Crippen molar-refractivity contribution in [2.45, 2.75) is 19.5 Å². The zero-order chi connectivity index (χ0) is 12.5. The second-order valence-electron chi connectivity index (χ2n) is 2.89. The first-order valence-electron chi connectivity index (χ1n) is 4.23. The van der Waals surface area contributed by atoms with Crippen molar-refractivity contribution >= 4 is 11.9 Å². The highest BCUT2D eigenvalue weighted by Gasteiger charge is 2.45. The predicted octanol–water partition coefficient (Wildman–Crippen LogP) is 2.19. The van der Waals surface area contributed by atoms with Crippen molar-refractivity contribution in [2.75, 3.05) is 0 Å². The van der Waals surface area contributed by atoms with Gasteiger partial charge in [0.15, 0.2) is 0 Å². The maximum absolute atomic E-state index is 12.9. The van der Waals surface area contributed by atoms with Crippen LogP contribution in [0.25, 0.3) is 0 Å². The molecule has 0 aromatic rings. The number of esters is 2. The maximum atomic E-state index is 12.9. The van der Waals surface area contributed by atoms with Gasteiger partial charge in [0.1, 0.15) is 5.57 Å². The van der Waals surface area contributed by atoms with Gasteiger partial charge >= 0.3 is 18.1 Å². The highest BCUT2D eigenvalue weighted by Crippen LogP contribution is 2.35. The summed E-state index contributed by atoms with van der Waals surface area (Å²) in [6.45, 7) is 1.52. The normalized spacial score (nSPS) is 22.7. The Morgan fingerprint density at radius 2 is 1.88 bits per heavy atom. The number of rotatable bonds is 1. The van der Waals surface area contributed by atoms with Crippen molar-refractivity contribution in [1.29, 1.82) is 0 Å². The number of hydrogen-bond acceptors (Lipinski definition) is 3. The smallest absolute Gasteiger partial charge is 0.386 e. The first kappa shape index (κ1) is 12.4. The van der Waals surface area contributed by atoms with Gasteiger partial charge in [-0.25, -0.2) is 14.0 Å². The number of carbonyl (C=O) groups is 2. The van der Waals surface area contributed by atoms with E-state index in [1.54, 1.807) is 0 Å². The molecule has 7 heteroatoms. The maximum Gasteiger partial charge on any atom is 0.443 e. The van der Waals surface area contributed by atoms with Crippen LogP contribution in [-0.2, 0) is 14.3 Å². The molecule has 88 valence electrons. The molecular formula is C9H6F4O3. The van der Waals surface area contributed by atoms with E-state index in [2.05, 4.69) is 4.74 Å². The highest BCUT2D eigenvalue weighted by atomic mass is 19.4. The second-order valence-corrected chi connectivity index (χ2v) is 2.89. The van der Waals surface area contributed by atoms with Crippen molar-refractivity contribution in [3.05, 3.63) is 23.0 Å². The van der Waals surface area contributed by atoms with Crippen molar-refractivity contribution in [3.63, 3.8) is 0 Å². The molecular weight excluding hydrogens is 232 g/mol. The van der Waals surface area contributed by atoms with Gasteiger partial charge in [0.05, 0.1) is 5.57 Å². The lowest BCUT2D eigenvalue weighted by Gasteiger charge is -2.04. The summed E-state index contributed by atoms with van der Waals surface area (Å²) < 4.78 is 52.9. The van der Waals surface area contributed by atoms with E-state index < -0.39 is 35.1 Å². The minimum Gasteiger partial charge on any atom is -0.386 e. The SMILES string of the molecule is CCC=C1C(=O)OC(=O)C1=C(F)C(F)(F)F. The lowest BCUT2D eigenvalue weighted by molar-refractivity contribution is -0.150. The molecule has 1 rings (SSSR count). The Balaban J connectivity index is 3.35. The molecule has 0 aromatic heterocycles. The Labute approximate surface area is 87.4 Å². The van der Waals surface area contributed by atoms with Gasteiger partial charge in [-0.2, -0.15) is 13.2 Å². The standard InChI is InChI=1S/C9H6F4O3/c1-2-3-4-5(6(10)9(11,12)13)8(15)16-7(4)14/h3H,2H2,1H3. The van der Waals surface area contributed by atoms with Gasteiger partial charge in [-0.05, 0) is 6.42 Å². The summed E-state index contributed by atoms with van der Waals surface area (Å²) in [6.07, 6.45) is -4.13. The Hall–Kier alpha value is -1.66. The van der Waals surface area contributed by atoms with Crippen LogP contribution in [0.2, 0.25) is 0 Å². The molecule has 1 aliphatic heterocycles. The number of allylic oxidation sites excluding steroid dienone is 2. The number of halogens is 4. The Morgan fingerprint density at radius 1 is 1.31 bits per heavy atom. The van der Waals surface area contributed by atoms with Crippen LogP contribution in [0.4, 0.5) is 17.6 Å². The quantitative estimate of drug-likeness (QED) is 0.304. The minimum absolute atomic E-state index is 0.173. The highest BCUT2D eigenvalue weighted by molar-refractivity contribution is 6.18. The van der Waals surface area contributed by atoms with Gasteiger partial charge in [0, 0.05) is 0 Å². The first-order valence-corrected chi connectivity index (χ1v) is 4.23. The predicted molar refractivity (Wildman–Crippen MR) is 43.7 cm³/mol. The van der Waals surface area contributed by atoms with Crippen LogP contribution < -0.4 is 0 Å². The fourth-order valence-electron chi connectivity index (χ4n) is 1.14. The summed E-state index contributed by atoms with van der Waals surface area (Å²) in [7, 11) is 0. The van der Waals surface area contributed by atoms with Crippen LogP contribution in [0.15, 0.2) is 23.0 Å². The Kier molecular flexibility index (Phi) is 3.16. The lowest BCUT2D eigenvalue weighted by atomic mass is 10.1. The van der Waals surface area contributed by atoms with Gasteiger partial charge < -0.3 is 4.74 Å². The first-order chi connectivity index (χ1) is 7.29. The average Bonchev–Trinajstić information content (AvgIpc) is 2.40. The number of ether oxygens (including phenoxy) is 1. The van der Waals surface area contributed by atoms with E-state index in [9.17, 15) is 27.2 Å². The van der Waals surface area contributed by atoms with Crippen molar-refractivity contribution in [1.82, 2.24) is 0 Å². The summed E-state index contributed by atoms with van der Waals surface area (Å²) in [4.78, 5) is 21.8. The molecule has 1 aliphatic rings. The third-order valence-corrected chi connectivity index (χ3v) is 1.76. The molecule has 16 heavy (non-hydrogen) atoms. The Morgan fingerprint density at radius 3 is 2.31 bits per heavy atom. The molecule has 0 N–H and O–H groups in total. The largest absolute Gasteiger partial charge is 0.443 e. The molecule has 0 spiro atoms. The molecule has 1 heterocycles. The third-order valence-electron chi connectivity index (χ3n) is 1.76. The molecule has 0 aliphatic carbocycles. The van der Waals surface area contributed by atoms with Gasteiger partial charge in [0.2, 0.25) is 5.83 Å². The Bertz CT molecular complexity index is 403. The van der Waals surface area contributed by atoms with Gasteiger partial charge in [-0.15, -0.1) is 0 Å². The summed E-state index contributed by atoms with van der Waals surface area (Å²) in [5.41, 5.74) is -2.03. The molecule has 3 nitrogen and oxygen atoms in total. The van der Waals surface area contributed by atoms with E-state index in [4.69, 9.17) is 0 Å². The molecule has 0 radical (unpaired) electrons. The molecule has 0 saturated carbocycles. The number of carbonyl (C=O) groups excluding carboxylic acids is 2. The zero-order valence-corrected chi connectivity index (χ0v) is 8.02. The molecule has 0 amide bonds. The molecule has 0 aromatic carbocycles. The average molecular weight is 238 g/mol. The number of hydrogen-bond donors (Lipinski definition) is 0. The van der Waals surface area contributed by atoms with Gasteiger partial charge in [0.25, 0.3) is 0 Å². The van der Waals surface area contributed by atoms with Crippen LogP contribution in [0.1, 0.15) is 13.3 Å². The molecule has 0 atom stereocenters. The van der Waals surface area contributed by atoms with Crippen LogP contribution in [0.5, 0.6) is 0 Å². The van der Waals surface area contributed by atoms with E-state index in [0.29, 0.717) is 0 Å². The van der Waals surface area contributed by atoms with Crippen molar-refractivity contribution < 1.29 is 31.9 Å². The fourth-order valence-corrected chi connectivity index (χ4v) is 1.14. The zero-order valence-electron chi connectivity index (χ0n) is 8.02. The molecule has 0 bridgehead atoms. The lowest BCUT2D eigenvalue weighted by Crippen LogP contribution is -2.13. The van der Waals surface area contributed by atoms with E-state index in [0.717, 1.165) is 6.08 Å². The molecule has 0 unspecified atom stereocenters. The van der Waals surface area contributed by atoms with E-state index >= 15 is 0 Å². The van der Waals surface area contributed by atoms with Crippen LogP contribution in [0, 0.1) is 0 Å². The third kappa shape index (κ3) is 2.12. The van der Waals surface area contributed by atoms with E-state index in [1.165, 1.54) is 6.92 Å². The number of alkyl halides is 3. The second kappa shape index (κ2) is 4.07. The molecule has 1 saturated heterocycles. The summed E-state index contributed by atoms with van der Waals surface area (Å²) in [5, 5.41) is 0. The van der Waals surface area contributed by atoms with Crippen molar-refractivity contribution in [2.24, 2.45) is 0 Å². The van der Waals surface area contributed by atoms with Crippen LogP contribution >= 0.6 is 0 Å². The minimum atomic E-state index is -5.31. The summed E-state index contributed by atoms with van der Waals surface area (Å²) in [5.74, 6) is -5.48. The number of cyclic esters (lactones) is 2. The summed E-state index contributed by atoms with van der Waals surface area (Å²) in [6, 6.07) is 0. The van der Waals surface area contributed by atoms with Crippen LogP contribution in [0.3, 0.4) is 0 Å². The van der Waals surface area contributed by atoms with Gasteiger partial charge in [-0.1, -0.05) is 13.0 Å².